The average molecular weight is 328 g/mol. The Balaban J connectivity index is 2.00. The van der Waals surface area contributed by atoms with Gasteiger partial charge in [-0.1, -0.05) is 12.1 Å². The van der Waals surface area contributed by atoms with Crippen LogP contribution < -0.4 is 5.32 Å². The normalized spacial score (nSPS) is 10.4. The maximum Gasteiger partial charge on any atom is 0.261 e. The molecule has 1 heterocycles. The molecule has 2 nitrogen and oxygen atoms in total. The van der Waals surface area contributed by atoms with Gasteiger partial charge in [-0.3, -0.25) is 4.79 Å². The highest BCUT2D eigenvalue weighted by Gasteiger charge is 2.10. The van der Waals surface area contributed by atoms with Crippen LogP contribution in [0.5, 0.6) is 0 Å². The first-order chi connectivity index (χ1) is 8.56. The molecule has 0 saturated heterocycles. The lowest BCUT2D eigenvalue weighted by Gasteiger charge is -2.03. The van der Waals surface area contributed by atoms with Gasteiger partial charge in [-0.25, -0.2) is 4.39 Å². The van der Waals surface area contributed by atoms with Gasteiger partial charge in [0.15, 0.2) is 0 Å². The lowest BCUT2D eigenvalue weighted by atomic mass is 10.2. The Labute approximate surface area is 117 Å². The molecule has 0 radical (unpaired) electrons. The summed E-state index contributed by atoms with van der Waals surface area (Å²) in [6, 6.07) is 8.03. The van der Waals surface area contributed by atoms with E-state index in [0.717, 1.165) is 14.9 Å². The zero-order valence-electron chi connectivity index (χ0n) is 9.67. The van der Waals surface area contributed by atoms with E-state index in [4.69, 9.17) is 0 Å². The number of benzene rings is 1. The Morgan fingerprint density at radius 2 is 2.22 bits per heavy atom. The van der Waals surface area contributed by atoms with Crippen molar-refractivity contribution in [3.05, 3.63) is 55.9 Å². The maximum atomic E-state index is 13.0. The fourth-order valence-electron chi connectivity index (χ4n) is 1.49. The summed E-state index contributed by atoms with van der Waals surface area (Å²) in [4.78, 5) is 12.5. The van der Waals surface area contributed by atoms with Crippen LogP contribution in [0, 0.1) is 12.7 Å². The van der Waals surface area contributed by atoms with Gasteiger partial charge in [-0.15, -0.1) is 11.3 Å². The maximum absolute atomic E-state index is 13.0. The molecule has 2 aromatic rings. The van der Waals surface area contributed by atoms with E-state index >= 15 is 0 Å². The number of hydrogen-bond acceptors (Lipinski definition) is 2. The van der Waals surface area contributed by atoms with Crippen LogP contribution in [0.15, 0.2) is 34.1 Å². The molecule has 18 heavy (non-hydrogen) atoms. The number of carbonyl (C=O) groups excluding carboxylic acids is 1. The molecular weight excluding hydrogens is 317 g/mol. The molecule has 0 bridgehead atoms. The highest BCUT2D eigenvalue weighted by atomic mass is 79.9. The van der Waals surface area contributed by atoms with Crippen molar-refractivity contribution >= 4 is 33.2 Å². The molecule has 0 aliphatic rings. The van der Waals surface area contributed by atoms with Crippen molar-refractivity contribution in [2.45, 2.75) is 13.5 Å². The minimum absolute atomic E-state index is 0.141. The topological polar surface area (TPSA) is 29.1 Å². The fraction of sp³-hybridized carbons (Fsp3) is 0.154. The van der Waals surface area contributed by atoms with Crippen molar-refractivity contribution in [1.82, 2.24) is 5.32 Å². The Kier molecular flexibility index (Phi) is 4.14. The second kappa shape index (κ2) is 5.63. The molecule has 5 heteroatoms. The Morgan fingerprint density at radius 1 is 1.44 bits per heavy atom. The van der Waals surface area contributed by atoms with Gasteiger partial charge >= 0.3 is 0 Å². The first-order valence-electron chi connectivity index (χ1n) is 5.35. The first kappa shape index (κ1) is 13.2. The van der Waals surface area contributed by atoms with Crippen molar-refractivity contribution < 1.29 is 9.18 Å². The van der Waals surface area contributed by atoms with Crippen molar-refractivity contribution in [2.75, 3.05) is 0 Å². The average Bonchev–Trinajstić information content (AvgIpc) is 2.67. The molecule has 0 atom stereocenters. The number of nitrogens with one attached hydrogen (secondary N) is 1. The third-order valence-corrected chi connectivity index (χ3v) is 4.56. The molecule has 0 fully saturated rings. The molecule has 0 aliphatic carbocycles. The van der Waals surface area contributed by atoms with E-state index in [1.54, 1.807) is 12.1 Å². The number of carbonyl (C=O) groups is 1. The minimum atomic E-state index is -0.295. The number of aryl methyl sites for hydroxylation is 1. The highest BCUT2D eigenvalue weighted by Crippen LogP contribution is 2.27. The number of hydrogen-bond donors (Lipinski definition) is 1. The van der Waals surface area contributed by atoms with Crippen molar-refractivity contribution in [3.63, 3.8) is 0 Å². The molecule has 0 unspecified atom stereocenters. The highest BCUT2D eigenvalue weighted by molar-refractivity contribution is 9.11. The van der Waals surface area contributed by atoms with E-state index in [1.807, 2.05) is 13.0 Å². The number of amides is 1. The van der Waals surface area contributed by atoms with Crippen LogP contribution in [0.4, 0.5) is 4.39 Å². The summed E-state index contributed by atoms with van der Waals surface area (Å²) in [5.74, 6) is -0.436. The predicted molar refractivity (Wildman–Crippen MR) is 74.3 cm³/mol. The molecular formula is C13H11BrFNOS. The summed E-state index contributed by atoms with van der Waals surface area (Å²) < 4.78 is 13.9. The van der Waals surface area contributed by atoms with E-state index < -0.39 is 0 Å². The Bertz CT molecular complexity index is 563. The smallest absolute Gasteiger partial charge is 0.261 e. The monoisotopic (exact) mass is 327 g/mol. The zero-order chi connectivity index (χ0) is 13.1. The van der Waals surface area contributed by atoms with Crippen LogP contribution in [-0.2, 0) is 6.54 Å². The SMILES string of the molecule is Cc1cc(C(=O)NCc2cccc(F)c2)sc1Br. The summed E-state index contributed by atoms with van der Waals surface area (Å²) in [6.07, 6.45) is 0. The lowest BCUT2D eigenvalue weighted by Crippen LogP contribution is -2.21. The van der Waals surface area contributed by atoms with E-state index in [-0.39, 0.29) is 11.7 Å². The Morgan fingerprint density at radius 3 is 2.83 bits per heavy atom. The second-order valence-corrected chi connectivity index (χ2v) is 6.25. The molecule has 1 aromatic carbocycles. The molecule has 94 valence electrons. The van der Waals surface area contributed by atoms with Gasteiger partial charge in [0.2, 0.25) is 0 Å². The van der Waals surface area contributed by atoms with Crippen LogP contribution in [0.3, 0.4) is 0 Å². The molecule has 0 saturated carbocycles. The summed E-state index contributed by atoms with van der Waals surface area (Å²) in [5.41, 5.74) is 1.78. The summed E-state index contributed by atoms with van der Waals surface area (Å²) >= 11 is 4.77. The van der Waals surface area contributed by atoms with Crippen LogP contribution in [0.25, 0.3) is 0 Å². The van der Waals surface area contributed by atoms with Gasteiger partial charge in [0.05, 0.1) is 8.66 Å². The molecule has 1 amide bonds. The molecule has 1 aromatic heterocycles. The van der Waals surface area contributed by atoms with E-state index in [0.29, 0.717) is 11.4 Å². The van der Waals surface area contributed by atoms with Crippen molar-refractivity contribution in [2.24, 2.45) is 0 Å². The van der Waals surface area contributed by atoms with Crippen LogP contribution in [0.2, 0.25) is 0 Å². The lowest BCUT2D eigenvalue weighted by molar-refractivity contribution is 0.0955. The molecule has 0 spiro atoms. The van der Waals surface area contributed by atoms with Crippen molar-refractivity contribution in [1.29, 1.82) is 0 Å². The fourth-order valence-corrected chi connectivity index (χ4v) is 2.94. The largest absolute Gasteiger partial charge is 0.347 e. The Hall–Kier alpha value is -1.20. The van der Waals surface area contributed by atoms with Gasteiger partial charge in [0.1, 0.15) is 5.82 Å². The standard InChI is InChI=1S/C13H11BrFNOS/c1-8-5-11(18-12(8)14)13(17)16-7-9-3-2-4-10(15)6-9/h2-6H,7H2,1H3,(H,16,17). The second-order valence-electron chi connectivity index (χ2n) is 3.88. The van der Waals surface area contributed by atoms with Gasteiger partial charge in [-0.2, -0.15) is 0 Å². The van der Waals surface area contributed by atoms with Crippen molar-refractivity contribution in [3.8, 4) is 0 Å². The number of rotatable bonds is 3. The predicted octanol–water partition coefficient (Wildman–Crippen LogP) is 3.89. The van der Waals surface area contributed by atoms with Gasteiger partial charge < -0.3 is 5.32 Å². The van der Waals surface area contributed by atoms with Gasteiger partial charge in [-0.05, 0) is 52.2 Å². The van der Waals surface area contributed by atoms with E-state index in [1.165, 1.54) is 23.5 Å². The number of thiophene rings is 1. The summed E-state index contributed by atoms with van der Waals surface area (Å²) in [5, 5.41) is 2.77. The summed E-state index contributed by atoms with van der Waals surface area (Å²) in [7, 11) is 0. The van der Waals surface area contributed by atoms with Gasteiger partial charge in [0, 0.05) is 6.54 Å². The number of halogens is 2. The minimum Gasteiger partial charge on any atom is -0.347 e. The third kappa shape index (κ3) is 3.17. The van der Waals surface area contributed by atoms with E-state index in [2.05, 4.69) is 21.2 Å². The van der Waals surface area contributed by atoms with Crippen LogP contribution in [-0.4, -0.2) is 5.91 Å². The van der Waals surface area contributed by atoms with Crippen LogP contribution in [0.1, 0.15) is 20.8 Å². The van der Waals surface area contributed by atoms with Crippen LogP contribution >= 0.6 is 27.3 Å². The third-order valence-electron chi connectivity index (χ3n) is 2.42. The van der Waals surface area contributed by atoms with E-state index in [9.17, 15) is 9.18 Å². The zero-order valence-corrected chi connectivity index (χ0v) is 12.1. The first-order valence-corrected chi connectivity index (χ1v) is 6.96. The summed E-state index contributed by atoms with van der Waals surface area (Å²) in [6.45, 7) is 2.26. The molecule has 2 rings (SSSR count). The molecule has 0 aliphatic heterocycles. The quantitative estimate of drug-likeness (QED) is 0.910. The van der Waals surface area contributed by atoms with Gasteiger partial charge in [0.25, 0.3) is 5.91 Å². The molecule has 1 N–H and O–H groups in total.